The van der Waals surface area contributed by atoms with Gasteiger partial charge in [-0.25, -0.2) is 17.2 Å². The molecule has 4 nitrogen and oxygen atoms in total. The number of nitrogens with zero attached hydrogens (tertiary/aromatic N) is 1. The summed E-state index contributed by atoms with van der Waals surface area (Å²) in [5.74, 6) is -2.15. The predicted molar refractivity (Wildman–Crippen MR) is 113 cm³/mol. The van der Waals surface area contributed by atoms with Crippen molar-refractivity contribution in [2.24, 2.45) is 0 Å². The fourth-order valence-electron chi connectivity index (χ4n) is 4.17. The highest BCUT2D eigenvalue weighted by atomic mass is 35.5. The van der Waals surface area contributed by atoms with Crippen LogP contribution in [0.4, 0.5) is 8.78 Å². The van der Waals surface area contributed by atoms with Gasteiger partial charge in [0.25, 0.3) is 5.92 Å². The van der Waals surface area contributed by atoms with Crippen LogP contribution in [-0.4, -0.2) is 44.6 Å². The van der Waals surface area contributed by atoms with E-state index in [-0.39, 0.29) is 36.9 Å². The number of benzene rings is 2. The van der Waals surface area contributed by atoms with Gasteiger partial charge in [-0.05, 0) is 48.4 Å². The first-order valence-electron chi connectivity index (χ1n) is 9.60. The van der Waals surface area contributed by atoms with E-state index in [1.54, 1.807) is 24.3 Å². The van der Waals surface area contributed by atoms with Gasteiger partial charge in [-0.3, -0.25) is 4.90 Å². The molecule has 30 heavy (non-hydrogen) atoms. The molecule has 2 aliphatic rings. The minimum absolute atomic E-state index is 0.165. The zero-order valence-corrected chi connectivity index (χ0v) is 18.6. The Morgan fingerprint density at radius 1 is 1.10 bits per heavy atom. The van der Waals surface area contributed by atoms with Crippen molar-refractivity contribution < 1.29 is 21.9 Å². The van der Waals surface area contributed by atoms with E-state index in [0.717, 1.165) is 17.4 Å². The van der Waals surface area contributed by atoms with Crippen LogP contribution in [0.25, 0.3) is 0 Å². The minimum atomic E-state index is -3.32. The Kier molecular flexibility index (Phi) is 5.77. The van der Waals surface area contributed by atoms with Crippen LogP contribution in [0, 0.1) is 0 Å². The number of hydrogen-bond acceptors (Lipinski definition) is 4. The van der Waals surface area contributed by atoms with E-state index in [4.69, 9.17) is 27.9 Å². The lowest BCUT2D eigenvalue weighted by Gasteiger charge is -2.38. The third-order valence-corrected chi connectivity index (χ3v) is 7.46. The van der Waals surface area contributed by atoms with Crippen LogP contribution in [0.5, 0.6) is 5.75 Å². The molecule has 0 N–H and O–H groups in total. The molecule has 2 aromatic carbocycles. The van der Waals surface area contributed by atoms with E-state index in [2.05, 4.69) is 0 Å². The molecule has 1 aliphatic carbocycles. The maximum atomic E-state index is 13.7. The third-order valence-electron chi connectivity index (χ3n) is 5.78. The summed E-state index contributed by atoms with van der Waals surface area (Å²) >= 11 is 12.6. The largest absolute Gasteiger partial charge is 0.484 e. The number of sulfone groups is 1. The van der Waals surface area contributed by atoms with Gasteiger partial charge in [0, 0.05) is 47.8 Å². The summed E-state index contributed by atoms with van der Waals surface area (Å²) in [5.41, 5.74) is 1.74. The quantitative estimate of drug-likeness (QED) is 0.611. The van der Waals surface area contributed by atoms with Crippen LogP contribution in [-0.2, 0) is 16.3 Å². The predicted octanol–water partition coefficient (Wildman–Crippen LogP) is 5.17. The first-order valence-corrected chi connectivity index (χ1v) is 12.2. The number of alkyl halides is 2. The van der Waals surface area contributed by atoms with E-state index in [9.17, 15) is 17.2 Å². The topological polar surface area (TPSA) is 46.6 Å². The van der Waals surface area contributed by atoms with Gasteiger partial charge in [-0.1, -0.05) is 23.2 Å². The number of halogens is 4. The summed E-state index contributed by atoms with van der Waals surface area (Å²) in [6, 6.07) is 9.48. The van der Waals surface area contributed by atoms with E-state index in [0.29, 0.717) is 22.2 Å². The Morgan fingerprint density at radius 3 is 2.33 bits per heavy atom. The van der Waals surface area contributed by atoms with Crippen LogP contribution in [0.2, 0.25) is 10.0 Å². The van der Waals surface area contributed by atoms with Crippen molar-refractivity contribution in [3.63, 3.8) is 0 Å². The molecule has 0 aromatic heterocycles. The Labute approximate surface area is 184 Å². The molecule has 2 atom stereocenters. The molecule has 4 rings (SSSR count). The van der Waals surface area contributed by atoms with Crippen molar-refractivity contribution in [2.75, 3.05) is 19.3 Å². The van der Waals surface area contributed by atoms with Crippen LogP contribution < -0.4 is 4.74 Å². The second kappa shape index (κ2) is 7.93. The SMILES string of the molecule is CS(=O)(=O)c1ccc(OC2c3cc(Cl)cc(Cl)c3CC2N2CCC(F)(F)CC2)cc1. The molecule has 0 saturated carbocycles. The Hall–Kier alpha value is -1.41. The van der Waals surface area contributed by atoms with E-state index in [1.807, 2.05) is 4.90 Å². The summed E-state index contributed by atoms with van der Waals surface area (Å²) in [6.45, 7) is 0.535. The normalized spacial score (nSPS) is 23.9. The molecule has 1 fully saturated rings. The number of hydrogen-bond donors (Lipinski definition) is 0. The van der Waals surface area contributed by atoms with Crippen LogP contribution in [0.3, 0.4) is 0 Å². The molecule has 1 aliphatic heterocycles. The highest BCUT2D eigenvalue weighted by molar-refractivity contribution is 7.90. The molecular formula is C21H21Cl2F2NO3S. The maximum absolute atomic E-state index is 13.7. The van der Waals surface area contributed by atoms with Crippen molar-refractivity contribution in [1.82, 2.24) is 4.90 Å². The van der Waals surface area contributed by atoms with E-state index in [1.165, 1.54) is 12.1 Å². The van der Waals surface area contributed by atoms with Crippen molar-refractivity contribution in [3.05, 3.63) is 57.6 Å². The molecule has 0 radical (unpaired) electrons. The van der Waals surface area contributed by atoms with Crippen molar-refractivity contribution >= 4 is 33.0 Å². The lowest BCUT2D eigenvalue weighted by molar-refractivity contribution is -0.0713. The Bertz CT molecular complexity index is 1050. The fourth-order valence-corrected chi connectivity index (χ4v) is 5.39. The molecule has 1 saturated heterocycles. The highest BCUT2D eigenvalue weighted by Crippen LogP contribution is 2.44. The Balaban J connectivity index is 1.65. The summed E-state index contributed by atoms with van der Waals surface area (Å²) in [4.78, 5) is 2.22. The van der Waals surface area contributed by atoms with Gasteiger partial charge in [0.1, 0.15) is 11.9 Å². The minimum Gasteiger partial charge on any atom is -0.484 e. The average molecular weight is 476 g/mol. The van der Waals surface area contributed by atoms with Crippen LogP contribution in [0.1, 0.15) is 30.1 Å². The lowest BCUT2D eigenvalue weighted by Crippen LogP contribution is -2.47. The number of rotatable bonds is 4. The number of piperidine rings is 1. The van der Waals surface area contributed by atoms with Gasteiger partial charge < -0.3 is 4.74 Å². The lowest BCUT2D eigenvalue weighted by atomic mass is 10.0. The standard InChI is InChI=1S/C21H21Cl2F2NO3S/c1-30(27,28)15-4-2-14(3-5-15)29-20-17-10-13(22)11-18(23)16(17)12-19(20)26-8-6-21(24,25)7-9-26/h2-5,10-11,19-20H,6-9,12H2,1H3. The van der Waals surface area contributed by atoms with E-state index < -0.39 is 21.9 Å². The van der Waals surface area contributed by atoms with Gasteiger partial charge in [0.05, 0.1) is 10.9 Å². The summed E-state index contributed by atoms with van der Waals surface area (Å²) in [5, 5.41) is 1.01. The van der Waals surface area contributed by atoms with Gasteiger partial charge in [0.2, 0.25) is 0 Å². The summed E-state index contributed by atoms with van der Waals surface area (Å²) in [7, 11) is -3.32. The molecule has 2 unspecified atom stereocenters. The maximum Gasteiger partial charge on any atom is 0.250 e. The van der Waals surface area contributed by atoms with Gasteiger partial charge in [-0.15, -0.1) is 0 Å². The van der Waals surface area contributed by atoms with Crippen LogP contribution in [0.15, 0.2) is 41.3 Å². The zero-order valence-electron chi connectivity index (χ0n) is 16.2. The molecule has 9 heteroatoms. The number of likely N-dealkylation sites (tertiary alicyclic amines) is 1. The van der Waals surface area contributed by atoms with Gasteiger partial charge >= 0.3 is 0 Å². The first-order chi connectivity index (χ1) is 14.0. The molecule has 162 valence electrons. The zero-order chi connectivity index (χ0) is 21.7. The molecular weight excluding hydrogens is 455 g/mol. The number of fused-ring (bicyclic) bond motifs is 1. The average Bonchev–Trinajstić information content (AvgIpc) is 3.00. The summed E-state index contributed by atoms with van der Waals surface area (Å²) in [6.07, 6.45) is 0.881. The third kappa shape index (κ3) is 4.44. The molecule has 0 spiro atoms. The first kappa shape index (κ1) is 21.8. The molecule has 0 bridgehead atoms. The second-order valence-corrected chi connectivity index (χ2v) is 10.8. The monoisotopic (exact) mass is 475 g/mol. The van der Waals surface area contributed by atoms with Crippen LogP contribution >= 0.6 is 23.2 Å². The Morgan fingerprint density at radius 2 is 1.73 bits per heavy atom. The van der Waals surface area contributed by atoms with E-state index >= 15 is 0 Å². The van der Waals surface area contributed by atoms with Crippen molar-refractivity contribution in [2.45, 2.75) is 42.2 Å². The molecule has 2 aromatic rings. The van der Waals surface area contributed by atoms with Gasteiger partial charge in [-0.2, -0.15) is 0 Å². The molecule has 1 heterocycles. The highest BCUT2D eigenvalue weighted by Gasteiger charge is 2.43. The number of ether oxygens (including phenoxy) is 1. The molecule has 0 amide bonds. The second-order valence-electron chi connectivity index (χ2n) is 7.90. The smallest absolute Gasteiger partial charge is 0.250 e. The summed E-state index contributed by atoms with van der Waals surface area (Å²) < 4.78 is 57.0. The fraction of sp³-hybridized carbons (Fsp3) is 0.429. The van der Waals surface area contributed by atoms with Crippen molar-refractivity contribution in [3.8, 4) is 5.75 Å². The van der Waals surface area contributed by atoms with Crippen molar-refractivity contribution in [1.29, 1.82) is 0 Å². The van der Waals surface area contributed by atoms with Gasteiger partial charge in [0.15, 0.2) is 9.84 Å².